The molecule has 3 unspecified atom stereocenters. The Labute approximate surface area is 213 Å². The molecule has 0 aliphatic carbocycles. The van der Waals surface area contributed by atoms with Gasteiger partial charge >= 0.3 is 0 Å². The molecule has 3 nitrogen and oxygen atoms in total. The van der Waals surface area contributed by atoms with Crippen LogP contribution < -0.4 is 0 Å². The van der Waals surface area contributed by atoms with Gasteiger partial charge in [0.05, 0.1) is 19.8 Å². The maximum atomic E-state index is 6.05. The van der Waals surface area contributed by atoms with Gasteiger partial charge in [0, 0.05) is 0 Å². The maximum absolute atomic E-state index is 6.05. The first-order valence-corrected chi connectivity index (χ1v) is 13.8. The Morgan fingerprint density at radius 1 is 0.471 bits per heavy atom. The molecule has 0 saturated heterocycles. The molecule has 0 rings (SSSR count). The van der Waals surface area contributed by atoms with Crippen molar-refractivity contribution in [3.63, 3.8) is 0 Å². The molecule has 0 spiro atoms. The molecule has 0 saturated carbocycles. The summed E-state index contributed by atoms with van der Waals surface area (Å²) in [5, 5.41) is 0. The lowest BCUT2D eigenvalue weighted by Gasteiger charge is -2.22. The highest BCUT2D eigenvalue weighted by atomic mass is 16.8. The van der Waals surface area contributed by atoms with Crippen molar-refractivity contribution in [3.05, 3.63) is 34.9 Å². The van der Waals surface area contributed by atoms with Gasteiger partial charge in [0.25, 0.3) is 6.48 Å². The molecule has 0 N–H and O–H groups in total. The molecule has 0 heterocycles. The Kier molecular flexibility index (Phi) is 20.8. The van der Waals surface area contributed by atoms with Crippen LogP contribution in [0, 0.1) is 17.8 Å². The van der Waals surface area contributed by atoms with E-state index in [1.54, 1.807) is 0 Å². The van der Waals surface area contributed by atoms with E-state index in [0.29, 0.717) is 37.6 Å². The predicted molar refractivity (Wildman–Crippen MR) is 149 cm³/mol. The summed E-state index contributed by atoms with van der Waals surface area (Å²) in [6.45, 7) is 21.4. The van der Waals surface area contributed by atoms with Gasteiger partial charge in [-0.25, -0.2) is 0 Å². The van der Waals surface area contributed by atoms with Crippen LogP contribution in [0.5, 0.6) is 0 Å². The normalized spacial score (nSPS) is 14.7. The number of allylic oxidation sites excluding steroid dienone is 6. The van der Waals surface area contributed by atoms with Gasteiger partial charge in [-0.15, -0.1) is 0 Å². The van der Waals surface area contributed by atoms with Gasteiger partial charge in [0.15, 0.2) is 0 Å². The molecule has 0 aliphatic heterocycles. The lowest BCUT2D eigenvalue weighted by atomic mass is 10.0. The predicted octanol–water partition coefficient (Wildman–Crippen LogP) is 9.64. The minimum absolute atomic E-state index is 0.542. The van der Waals surface area contributed by atoms with E-state index in [2.05, 4.69) is 80.5 Å². The molecule has 0 bridgehead atoms. The molecule has 200 valence electrons. The van der Waals surface area contributed by atoms with Crippen molar-refractivity contribution in [1.82, 2.24) is 0 Å². The topological polar surface area (TPSA) is 27.7 Å². The summed E-state index contributed by atoms with van der Waals surface area (Å²) >= 11 is 0. The first kappa shape index (κ1) is 33.1. The summed E-state index contributed by atoms with van der Waals surface area (Å²) in [6.07, 6.45) is 17.1. The second-order valence-electron chi connectivity index (χ2n) is 11.2. The Morgan fingerprint density at radius 3 is 0.971 bits per heavy atom. The van der Waals surface area contributed by atoms with Gasteiger partial charge in [-0.05, 0) is 117 Å². The average Bonchev–Trinajstić information content (AvgIpc) is 2.72. The molecule has 0 aromatic rings. The second-order valence-corrected chi connectivity index (χ2v) is 11.2. The largest absolute Gasteiger partial charge is 0.330 e. The molecule has 0 aliphatic rings. The quantitative estimate of drug-likeness (QED) is 0.121. The summed E-state index contributed by atoms with van der Waals surface area (Å²) in [6, 6.07) is 0. The molecular weight excluding hydrogens is 420 g/mol. The Balaban J connectivity index is 4.42. The fourth-order valence-corrected chi connectivity index (χ4v) is 3.64. The second kappa shape index (κ2) is 21.4. The summed E-state index contributed by atoms with van der Waals surface area (Å²) < 4.78 is 18.2. The third-order valence-electron chi connectivity index (χ3n) is 6.23. The molecule has 0 aromatic carbocycles. The number of ether oxygens (including phenoxy) is 3. The van der Waals surface area contributed by atoms with E-state index in [9.17, 15) is 0 Å². The summed E-state index contributed by atoms with van der Waals surface area (Å²) in [5.41, 5.74) is 4.20. The van der Waals surface area contributed by atoms with E-state index in [1.165, 1.54) is 36.0 Å². The monoisotopic (exact) mass is 478 g/mol. The van der Waals surface area contributed by atoms with Crippen LogP contribution in [0.3, 0.4) is 0 Å². The molecule has 0 fully saturated rings. The van der Waals surface area contributed by atoms with E-state index in [-0.39, 0.29) is 0 Å². The Hall–Kier alpha value is -0.900. The van der Waals surface area contributed by atoms with E-state index in [4.69, 9.17) is 14.2 Å². The van der Waals surface area contributed by atoms with Crippen molar-refractivity contribution in [3.8, 4) is 0 Å². The van der Waals surface area contributed by atoms with E-state index in [1.807, 2.05) is 0 Å². The van der Waals surface area contributed by atoms with Crippen LogP contribution in [-0.2, 0) is 14.2 Å². The first-order chi connectivity index (χ1) is 16.1. The van der Waals surface area contributed by atoms with Gasteiger partial charge < -0.3 is 14.2 Å². The Bertz CT molecular complexity index is 482. The van der Waals surface area contributed by atoms with Crippen LogP contribution in [-0.4, -0.2) is 26.3 Å². The van der Waals surface area contributed by atoms with Gasteiger partial charge in [-0.3, -0.25) is 0 Å². The van der Waals surface area contributed by atoms with Crippen molar-refractivity contribution >= 4 is 0 Å². The zero-order valence-corrected chi connectivity index (χ0v) is 24.3. The van der Waals surface area contributed by atoms with Crippen molar-refractivity contribution in [1.29, 1.82) is 0 Å². The Morgan fingerprint density at radius 2 is 0.735 bits per heavy atom. The van der Waals surface area contributed by atoms with Crippen LogP contribution >= 0.6 is 0 Å². The van der Waals surface area contributed by atoms with Crippen LogP contribution in [0.4, 0.5) is 0 Å². The zero-order valence-electron chi connectivity index (χ0n) is 24.3. The van der Waals surface area contributed by atoms with Gasteiger partial charge in [0.2, 0.25) is 0 Å². The van der Waals surface area contributed by atoms with Crippen LogP contribution in [0.2, 0.25) is 0 Å². The van der Waals surface area contributed by atoms with E-state index in [0.717, 1.165) is 38.5 Å². The number of hydrogen-bond acceptors (Lipinski definition) is 3. The highest BCUT2D eigenvalue weighted by Crippen LogP contribution is 2.16. The van der Waals surface area contributed by atoms with Gasteiger partial charge in [-0.2, -0.15) is 0 Å². The SMILES string of the molecule is CC(C)=CCCC(C)CCOC(OCCC(C)CCC=C(C)C)OCCC(C)CCC=C(C)C. The summed E-state index contributed by atoms with van der Waals surface area (Å²) in [4.78, 5) is 0. The minimum Gasteiger partial charge on any atom is -0.330 e. The minimum atomic E-state index is -0.542. The lowest BCUT2D eigenvalue weighted by Crippen LogP contribution is -2.24. The molecule has 0 radical (unpaired) electrons. The fraction of sp³-hybridized carbons (Fsp3) is 0.806. The molecular formula is C31H58O3. The molecule has 0 aromatic heterocycles. The van der Waals surface area contributed by atoms with Crippen molar-refractivity contribution in [2.45, 2.75) is 127 Å². The van der Waals surface area contributed by atoms with Gasteiger partial charge in [0.1, 0.15) is 0 Å². The highest BCUT2D eigenvalue weighted by Gasteiger charge is 2.13. The molecule has 3 atom stereocenters. The van der Waals surface area contributed by atoms with E-state index >= 15 is 0 Å². The van der Waals surface area contributed by atoms with Crippen LogP contribution in [0.25, 0.3) is 0 Å². The molecule has 34 heavy (non-hydrogen) atoms. The maximum Gasteiger partial charge on any atom is 0.271 e. The third kappa shape index (κ3) is 22.9. The van der Waals surface area contributed by atoms with Gasteiger partial charge in [-0.1, -0.05) is 55.7 Å². The highest BCUT2D eigenvalue weighted by molar-refractivity contribution is 4.93. The van der Waals surface area contributed by atoms with Crippen molar-refractivity contribution in [2.75, 3.05) is 19.8 Å². The number of hydrogen-bond donors (Lipinski definition) is 0. The van der Waals surface area contributed by atoms with Crippen molar-refractivity contribution in [2.24, 2.45) is 17.8 Å². The number of rotatable bonds is 21. The molecule has 0 amide bonds. The summed E-state index contributed by atoms with van der Waals surface area (Å²) in [5.74, 6) is 1.92. The summed E-state index contributed by atoms with van der Waals surface area (Å²) in [7, 11) is 0. The van der Waals surface area contributed by atoms with Crippen LogP contribution in [0.1, 0.15) is 120 Å². The zero-order chi connectivity index (χ0) is 25.8. The smallest absolute Gasteiger partial charge is 0.271 e. The average molecular weight is 479 g/mol. The van der Waals surface area contributed by atoms with E-state index < -0.39 is 6.48 Å². The van der Waals surface area contributed by atoms with Crippen molar-refractivity contribution < 1.29 is 14.2 Å². The standard InChI is InChI=1S/C31H58O3/c1-25(2)13-10-16-28(7)19-22-32-31(33-23-20-29(8)17-11-14-26(3)4)34-24-21-30(9)18-12-15-27(5)6/h13-15,28-31H,10-12,16-24H2,1-9H3. The first-order valence-electron chi connectivity index (χ1n) is 13.8. The van der Waals surface area contributed by atoms with Crippen LogP contribution in [0.15, 0.2) is 34.9 Å². The molecule has 3 heteroatoms. The third-order valence-corrected chi connectivity index (χ3v) is 6.23. The lowest BCUT2D eigenvalue weighted by molar-refractivity contribution is -0.290. The fourth-order valence-electron chi connectivity index (χ4n) is 3.64.